The standard InChI is InChI=1S/C26H31ClN4O4/c1-35-16-6-11-31-24(33)18-26(25(31)34,21-8-2-3-9-22(21)27)17-23(32)30-14-12-29(13-15-30)19-20-7-4-5-10-28-20/h2-5,7-10H,6,11-19H2,1H3/t26-/m0/s1. The summed E-state index contributed by atoms with van der Waals surface area (Å²) in [5, 5.41) is 0.389. The molecule has 0 N–H and O–H groups in total. The molecule has 0 radical (unpaired) electrons. The van der Waals surface area contributed by atoms with Crippen LogP contribution in [-0.4, -0.2) is 83.8 Å². The first-order valence-electron chi connectivity index (χ1n) is 11.9. The number of pyridine rings is 1. The summed E-state index contributed by atoms with van der Waals surface area (Å²) in [6.45, 7) is 3.99. The molecule has 3 amide bonds. The molecule has 2 fully saturated rings. The third-order valence-electron chi connectivity index (χ3n) is 6.82. The Bertz CT molecular complexity index is 1060. The summed E-state index contributed by atoms with van der Waals surface area (Å²) >= 11 is 6.51. The molecule has 2 aliphatic rings. The van der Waals surface area contributed by atoms with Crippen molar-refractivity contribution in [3.05, 3.63) is 64.9 Å². The number of aromatic nitrogens is 1. The van der Waals surface area contributed by atoms with Crippen molar-refractivity contribution in [1.82, 2.24) is 19.7 Å². The minimum Gasteiger partial charge on any atom is -0.385 e. The molecular weight excluding hydrogens is 468 g/mol. The fraction of sp³-hybridized carbons (Fsp3) is 0.462. The number of hydrogen-bond donors (Lipinski definition) is 0. The van der Waals surface area contributed by atoms with Gasteiger partial charge in [0.05, 0.1) is 11.1 Å². The van der Waals surface area contributed by atoms with E-state index in [9.17, 15) is 14.4 Å². The zero-order chi connectivity index (χ0) is 24.8. The maximum absolute atomic E-state index is 13.7. The van der Waals surface area contributed by atoms with Gasteiger partial charge in [-0.1, -0.05) is 35.9 Å². The highest BCUT2D eigenvalue weighted by molar-refractivity contribution is 6.32. The second-order valence-corrected chi connectivity index (χ2v) is 9.50. The molecule has 9 heteroatoms. The maximum Gasteiger partial charge on any atom is 0.240 e. The van der Waals surface area contributed by atoms with E-state index in [-0.39, 0.29) is 37.1 Å². The Labute approximate surface area is 210 Å². The zero-order valence-corrected chi connectivity index (χ0v) is 20.7. The molecule has 1 aromatic heterocycles. The van der Waals surface area contributed by atoms with Crippen molar-refractivity contribution in [1.29, 1.82) is 0 Å². The van der Waals surface area contributed by atoms with E-state index in [0.29, 0.717) is 36.7 Å². The highest BCUT2D eigenvalue weighted by atomic mass is 35.5. The van der Waals surface area contributed by atoms with Crippen LogP contribution >= 0.6 is 11.6 Å². The zero-order valence-electron chi connectivity index (χ0n) is 20.0. The van der Waals surface area contributed by atoms with Crippen molar-refractivity contribution in [2.75, 3.05) is 46.4 Å². The number of likely N-dealkylation sites (tertiary alicyclic amines) is 1. The van der Waals surface area contributed by atoms with Crippen LogP contribution in [0.1, 0.15) is 30.5 Å². The van der Waals surface area contributed by atoms with Crippen LogP contribution in [-0.2, 0) is 31.1 Å². The number of hydrogen-bond acceptors (Lipinski definition) is 6. The van der Waals surface area contributed by atoms with Gasteiger partial charge >= 0.3 is 0 Å². The van der Waals surface area contributed by atoms with Crippen LogP contribution in [0.25, 0.3) is 0 Å². The first kappa shape index (κ1) is 25.3. The number of ether oxygens (including phenoxy) is 1. The molecule has 1 aromatic carbocycles. The second-order valence-electron chi connectivity index (χ2n) is 9.09. The summed E-state index contributed by atoms with van der Waals surface area (Å²) in [4.78, 5) is 49.8. The van der Waals surface area contributed by atoms with Crippen LogP contribution < -0.4 is 0 Å². The third kappa shape index (κ3) is 5.55. The summed E-state index contributed by atoms with van der Waals surface area (Å²) in [5.74, 6) is -0.768. The molecule has 3 heterocycles. The Hall–Kier alpha value is -2.81. The molecule has 2 aromatic rings. The molecule has 35 heavy (non-hydrogen) atoms. The number of amides is 3. The highest BCUT2D eigenvalue weighted by Crippen LogP contribution is 2.43. The van der Waals surface area contributed by atoms with E-state index in [1.807, 2.05) is 18.2 Å². The van der Waals surface area contributed by atoms with E-state index in [1.165, 1.54) is 4.90 Å². The molecule has 0 spiro atoms. The van der Waals surface area contributed by atoms with Gasteiger partial charge in [-0.2, -0.15) is 0 Å². The molecule has 186 valence electrons. The minimum absolute atomic E-state index is 0.0616. The summed E-state index contributed by atoms with van der Waals surface area (Å²) in [6, 6.07) is 12.9. The topological polar surface area (TPSA) is 83.1 Å². The van der Waals surface area contributed by atoms with Gasteiger partial charge in [0.25, 0.3) is 0 Å². The quantitative estimate of drug-likeness (QED) is 0.390. The van der Waals surface area contributed by atoms with Crippen LogP contribution in [0, 0.1) is 0 Å². The Morgan fingerprint density at radius 3 is 2.51 bits per heavy atom. The number of nitrogens with zero attached hydrogens (tertiary/aromatic N) is 4. The van der Waals surface area contributed by atoms with E-state index >= 15 is 0 Å². The van der Waals surface area contributed by atoms with Gasteiger partial charge in [0, 0.05) is 77.0 Å². The molecular formula is C26H31ClN4O4. The van der Waals surface area contributed by atoms with Gasteiger partial charge in [0.1, 0.15) is 0 Å². The summed E-state index contributed by atoms with van der Waals surface area (Å²) in [7, 11) is 1.58. The predicted octanol–water partition coefficient (Wildman–Crippen LogP) is 2.50. The van der Waals surface area contributed by atoms with Crippen molar-refractivity contribution in [2.24, 2.45) is 0 Å². The lowest BCUT2D eigenvalue weighted by Crippen LogP contribution is -2.50. The van der Waals surface area contributed by atoms with E-state index < -0.39 is 5.41 Å². The number of halogens is 1. The number of rotatable bonds is 9. The van der Waals surface area contributed by atoms with Crippen LogP contribution in [0.4, 0.5) is 0 Å². The molecule has 2 saturated heterocycles. The second kappa shape index (κ2) is 11.3. The Morgan fingerprint density at radius 1 is 1.09 bits per heavy atom. The lowest BCUT2D eigenvalue weighted by Gasteiger charge is -2.36. The molecule has 8 nitrogen and oxygen atoms in total. The van der Waals surface area contributed by atoms with Gasteiger partial charge in [0.2, 0.25) is 17.7 Å². The number of piperazine rings is 1. The summed E-state index contributed by atoms with van der Waals surface area (Å²) in [5.41, 5.74) is 0.245. The number of carbonyl (C=O) groups is 3. The lowest BCUT2D eigenvalue weighted by atomic mass is 9.75. The van der Waals surface area contributed by atoms with Gasteiger partial charge in [0.15, 0.2) is 0 Å². The molecule has 0 unspecified atom stereocenters. The molecule has 1 atom stereocenters. The Kier molecular flexibility index (Phi) is 8.15. The fourth-order valence-corrected chi connectivity index (χ4v) is 5.25. The van der Waals surface area contributed by atoms with Gasteiger partial charge in [-0.05, 0) is 30.2 Å². The van der Waals surface area contributed by atoms with Gasteiger partial charge in [-0.15, -0.1) is 0 Å². The van der Waals surface area contributed by atoms with Crippen molar-refractivity contribution < 1.29 is 19.1 Å². The molecule has 0 aliphatic carbocycles. The SMILES string of the molecule is COCCCN1C(=O)C[C@@](CC(=O)N2CCN(Cc3ccccn3)CC2)(c2ccccc2Cl)C1=O. The predicted molar refractivity (Wildman–Crippen MR) is 132 cm³/mol. The van der Waals surface area contributed by atoms with Crippen LogP contribution in [0.15, 0.2) is 48.7 Å². The van der Waals surface area contributed by atoms with Crippen LogP contribution in [0.3, 0.4) is 0 Å². The van der Waals surface area contributed by atoms with Crippen molar-refractivity contribution in [3.63, 3.8) is 0 Å². The van der Waals surface area contributed by atoms with Gasteiger partial charge in [-0.3, -0.25) is 29.2 Å². The number of imide groups is 1. The number of carbonyl (C=O) groups excluding carboxylic acids is 3. The van der Waals surface area contributed by atoms with Crippen molar-refractivity contribution in [2.45, 2.75) is 31.2 Å². The van der Waals surface area contributed by atoms with E-state index in [1.54, 1.807) is 42.5 Å². The largest absolute Gasteiger partial charge is 0.385 e. The smallest absolute Gasteiger partial charge is 0.240 e. The summed E-state index contributed by atoms with van der Waals surface area (Å²) in [6.07, 6.45) is 2.18. The van der Waals surface area contributed by atoms with E-state index in [4.69, 9.17) is 16.3 Å². The minimum atomic E-state index is -1.29. The lowest BCUT2D eigenvalue weighted by molar-refractivity contribution is -0.143. The first-order chi connectivity index (χ1) is 16.9. The van der Waals surface area contributed by atoms with Crippen LogP contribution in [0.2, 0.25) is 5.02 Å². The van der Waals surface area contributed by atoms with Crippen LogP contribution in [0.5, 0.6) is 0 Å². The average Bonchev–Trinajstić information content (AvgIpc) is 3.10. The third-order valence-corrected chi connectivity index (χ3v) is 7.15. The van der Waals surface area contributed by atoms with Gasteiger partial charge < -0.3 is 9.64 Å². The number of methoxy groups -OCH3 is 1. The monoisotopic (exact) mass is 498 g/mol. The van der Waals surface area contributed by atoms with Crippen molar-refractivity contribution in [3.8, 4) is 0 Å². The Morgan fingerprint density at radius 2 is 1.83 bits per heavy atom. The van der Waals surface area contributed by atoms with Crippen molar-refractivity contribution >= 4 is 29.3 Å². The van der Waals surface area contributed by atoms with E-state index in [2.05, 4.69) is 9.88 Å². The first-order valence-corrected chi connectivity index (χ1v) is 12.3. The van der Waals surface area contributed by atoms with E-state index in [0.717, 1.165) is 25.3 Å². The highest BCUT2D eigenvalue weighted by Gasteiger charge is 2.54. The molecule has 2 aliphatic heterocycles. The summed E-state index contributed by atoms with van der Waals surface area (Å²) < 4.78 is 5.08. The maximum atomic E-state index is 13.7. The fourth-order valence-electron chi connectivity index (χ4n) is 4.93. The molecule has 0 saturated carbocycles. The molecule has 4 rings (SSSR count). The average molecular weight is 499 g/mol. The molecule has 0 bridgehead atoms. The number of benzene rings is 1. The van der Waals surface area contributed by atoms with Gasteiger partial charge in [-0.25, -0.2) is 0 Å². The Balaban J connectivity index is 1.48. The normalized spacial score (nSPS) is 21.1.